The summed E-state index contributed by atoms with van der Waals surface area (Å²) in [6.45, 7) is 8.45. The molecule has 2 nitrogen and oxygen atoms in total. The van der Waals surface area contributed by atoms with Crippen LogP contribution in [0.4, 0.5) is 0 Å². The van der Waals surface area contributed by atoms with Gasteiger partial charge < -0.3 is 9.84 Å². The minimum absolute atomic E-state index is 0.233. The van der Waals surface area contributed by atoms with Crippen molar-refractivity contribution in [2.45, 2.75) is 33.8 Å². The molecule has 1 atom stereocenters. The highest BCUT2D eigenvalue weighted by Gasteiger charge is 2.09. The summed E-state index contributed by atoms with van der Waals surface area (Å²) < 4.78 is 5.51. The molecule has 0 aromatic heterocycles. The van der Waals surface area contributed by atoms with Crippen molar-refractivity contribution in [3.05, 3.63) is 29.3 Å². The van der Waals surface area contributed by atoms with Crippen molar-refractivity contribution in [2.75, 3.05) is 6.61 Å². The maximum atomic E-state index is 9.59. The lowest BCUT2D eigenvalue weighted by molar-refractivity contribution is 0.0701. The predicted molar refractivity (Wildman–Crippen MR) is 62.3 cm³/mol. The predicted octanol–water partition coefficient (Wildman–Crippen LogP) is 2.70. The van der Waals surface area contributed by atoms with E-state index in [2.05, 4.69) is 13.8 Å². The van der Waals surface area contributed by atoms with Crippen LogP contribution in [0.1, 0.15) is 25.0 Å². The minimum atomic E-state index is -0.397. The fourth-order valence-corrected chi connectivity index (χ4v) is 1.18. The van der Waals surface area contributed by atoms with Crippen LogP contribution >= 0.6 is 0 Å². The van der Waals surface area contributed by atoms with E-state index in [1.807, 2.05) is 32.0 Å². The topological polar surface area (TPSA) is 29.5 Å². The molecule has 0 aliphatic heterocycles. The molecule has 0 saturated carbocycles. The molecule has 0 fully saturated rings. The highest BCUT2D eigenvalue weighted by atomic mass is 16.5. The lowest BCUT2D eigenvalue weighted by Gasteiger charge is -2.15. The molecule has 1 N–H and O–H groups in total. The van der Waals surface area contributed by atoms with Gasteiger partial charge in [0.1, 0.15) is 12.4 Å². The molecule has 1 rings (SSSR count). The van der Waals surface area contributed by atoms with Crippen molar-refractivity contribution >= 4 is 0 Å². The van der Waals surface area contributed by atoms with Crippen molar-refractivity contribution in [3.8, 4) is 5.75 Å². The Morgan fingerprint density at radius 2 is 1.87 bits per heavy atom. The summed E-state index contributed by atoms with van der Waals surface area (Å²) in [5.41, 5.74) is 2.47. The zero-order valence-corrected chi connectivity index (χ0v) is 9.95. The van der Waals surface area contributed by atoms with Gasteiger partial charge in [-0.1, -0.05) is 19.9 Å². The smallest absolute Gasteiger partial charge is 0.119 e. The Kier molecular flexibility index (Phi) is 4.15. The van der Waals surface area contributed by atoms with Crippen LogP contribution in [0.25, 0.3) is 0 Å². The molecule has 0 amide bonds. The van der Waals surface area contributed by atoms with Gasteiger partial charge >= 0.3 is 0 Å². The van der Waals surface area contributed by atoms with Crippen LogP contribution < -0.4 is 4.74 Å². The molecular formula is C13H20O2. The molecule has 0 heterocycles. The fourth-order valence-electron chi connectivity index (χ4n) is 1.18. The minimum Gasteiger partial charge on any atom is -0.491 e. The molecule has 0 aliphatic rings. The second-order valence-electron chi connectivity index (χ2n) is 4.37. The molecule has 0 bridgehead atoms. The molecule has 1 aromatic rings. The van der Waals surface area contributed by atoms with Gasteiger partial charge in [0, 0.05) is 0 Å². The Morgan fingerprint density at radius 1 is 1.20 bits per heavy atom. The molecule has 15 heavy (non-hydrogen) atoms. The first kappa shape index (κ1) is 12.1. The number of benzene rings is 1. The molecule has 84 valence electrons. The van der Waals surface area contributed by atoms with Crippen LogP contribution in [0.2, 0.25) is 0 Å². The zero-order chi connectivity index (χ0) is 11.4. The summed E-state index contributed by atoms with van der Waals surface area (Å²) in [5.74, 6) is 1.06. The quantitative estimate of drug-likeness (QED) is 0.824. The van der Waals surface area contributed by atoms with E-state index in [0.717, 1.165) is 5.75 Å². The Morgan fingerprint density at radius 3 is 2.40 bits per heavy atom. The molecule has 2 heteroatoms. The zero-order valence-electron chi connectivity index (χ0n) is 9.95. The first-order valence-electron chi connectivity index (χ1n) is 5.39. The monoisotopic (exact) mass is 208 g/mol. The summed E-state index contributed by atoms with van der Waals surface area (Å²) in [6, 6.07) is 5.98. The first-order valence-corrected chi connectivity index (χ1v) is 5.39. The third-order valence-corrected chi connectivity index (χ3v) is 2.67. The van der Waals surface area contributed by atoms with Gasteiger partial charge in [0.05, 0.1) is 6.10 Å². The Hall–Kier alpha value is -1.02. The number of hydrogen-bond donors (Lipinski definition) is 1. The fraction of sp³-hybridized carbons (Fsp3) is 0.538. The molecule has 0 saturated heterocycles. The van der Waals surface area contributed by atoms with Gasteiger partial charge in [0.25, 0.3) is 0 Å². The average molecular weight is 208 g/mol. The van der Waals surface area contributed by atoms with E-state index < -0.39 is 6.10 Å². The highest BCUT2D eigenvalue weighted by Crippen LogP contribution is 2.17. The van der Waals surface area contributed by atoms with Gasteiger partial charge in [-0.2, -0.15) is 0 Å². The number of ether oxygens (including phenoxy) is 1. The van der Waals surface area contributed by atoms with Crippen LogP contribution in [0.15, 0.2) is 18.2 Å². The van der Waals surface area contributed by atoms with E-state index in [1.165, 1.54) is 11.1 Å². The number of hydrogen-bond acceptors (Lipinski definition) is 2. The Balaban J connectivity index is 2.55. The van der Waals surface area contributed by atoms with Crippen LogP contribution in [0, 0.1) is 19.8 Å². The Labute approximate surface area is 91.9 Å². The van der Waals surface area contributed by atoms with Gasteiger partial charge in [-0.25, -0.2) is 0 Å². The van der Waals surface area contributed by atoms with E-state index >= 15 is 0 Å². The second kappa shape index (κ2) is 5.17. The molecule has 1 unspecified atom stereocenters. The standard InChI is InChI=1S/C13H20O2/c1-9(2)13(14)8-15-12-6-5-10(3)11(4)7-12/h5-7,9,13-14H,8H2,1-4H3. The number of aryl methyl sites for hydroxylation is 2. The van der Waals surface area contributed by atoms with Gasteiger partial charge in [-0.15, -0.1) is 0 Å². The maximum absolute atomic E-state index is 9.59. The van der Waals surface area contributed by atoms with E-state index in [4.69, 9.17) is 4.74 Å². The number of rotatable bonds is 4. The summed E-state index contributed by atoms with van der Waals surface area (Å²) >= 11 is 0. The summed E-state index contributed by atoms with van der Waals surface area (Å²) in [4.78, 5) is 0. The molecular weight excluding hydrogens is 188 g/mol. The van der Waals surface area contributed by atoms with Crippen molar-refractivity contribution in [3.63, 3.8) is 0 Å². The normalized spacial score (nSPS) is 12.9. The van der Waals surface area contributed by atoms with Gasteiger partial charge in [-0.3, -0.25) is 0 Å². The summed E-state index contributed by atoms with van der Waals surface area (Å²) in [7, 11) is 0. The number of aliphatic hydroxyl groups is 1. The average Bonchev–Trinajstić information content (AvgIpc) is 2.19. The van der Waals surface area contributed by atoms with E-state index in [0.29, 0.717) is 6.61 Å². The number of aliphatic hydroxyl groups excluding tert-OH is 1. The molecule has 0 spiro atoms. The van der Waals surface area contributed by atoms with Crippen LogP contribution in [-0.4, -0.2) is 17.8 Å². The molecule has 0 radical (unpaired) electrons. The first-order chi connectivity index (χ1) is 7.00. The third-order valence-electron chi connectivity index (χ3n) is 2.67. The third kappa shape index (κ3) is 3.56. The van der Waals surface area contributed by atoms with Crippen LogP contribution in [0.3, 0.4) is 0 Å². The maximum Gasteiger partial charge on any atom is 0.119 e. The van der Waals surface area contributed by atoms with Crippen molar-refractivity contribution in [1.82, 2.24) is 0 Å². The van der Waals surface area contributed by atoms with Gasteiger partial charge in [-0.05, 0) is 43.0 Å². The van der Waals surface area contributed by atoms with E-state index in [-0.39, 0.29) is 5.92 Å². The second-order valence-corrected chi connectivity index (χ2v) is 4.37. The van der Waals surface area contributed by atoms with Crippen molar-refractivity contribution in [1.29, 1.82) is 0 Å². The summed E-state index contributed by atoms with van der Waals surface area (Å²) in [5, 5.41) is 9.59. The van der Waals surface area contributed by atoms with Crippen LogP contribution in [-0.2, 0) is 0 Å². The van der Waals surface area contributed by atoms with Crippen molar-refractivity contribution in [2.24, 2.45) is 5.92 Å². The highest BCUT2D eigenvalue weighted by molar-refractivity contribution is 5.33. The van der Waals surface area contributed by atoms with Gasteiger partial charge in [0.15, 0.2) is 0 Å². The van der Waals surface area contributed by atoms with Gasteiger partial charge in [0.2, 0.25) is 0 Å². The van der Waals surface area contributed by atoms with E-state index in [9.17, 15) is 5.11 Å². The lowest BCUT2D eigenvalue weighted by Crippen LogP contribution is -2.23. The Bertz CT molecular complexity index is 318. The molecule has 0 aliphatic carbocycles. The van der Waals surface area contributed by atoms with Crippen molar-refractivity contribution < 1.29 is 9.84 Å². The SMILES string of the molecule is Cc1ccc(OCC(O)C(C)C)cc1C. The molecule has 1 aromatic carbocycles. The van der Waals surface area contributed by atoms with E-state index in [1.54, 1.807) is 0 Å². The van der Waals surface area contributed by atoms with Crippen LogP contribution in [0.5, 0.6) is 5.75 Å². The largest absolute Gasteiger partial charge is 0.491 e. The lowest BCUT2D eigenvalue weighted by atomic mass is 10.1. The summed E-state index contributed by atoms with van der Waals surface area (Å²) in [6.07, 6.45) is -0.397.